The van der Waals surface area contributed by atoms with E-state index in [4.69, 9.17) is 4.74 Å². The van der Waals surface area contributed by atoms with E-state index in [0.717, 1.165) is 29.4 Å². The average Bonchev–Trinajstić information content (AvgIpc) is 2.77. The molecule has 4 atom stereocenters. The summed E-state index contributed by atoms with van der Waals surface area (Å²) < 4.78 is 5.58. The van der Waals surface area contributed by atoms with Crippen molar-refractivity contribution in [1.82, 2.24) is 0 Å². The first-order valence-corrected chi connectivity index (χ1v) is 11.2. The summed E-state index contributed by atoms with van der Waals surface area (Å²) >= 11 is 0. The third kappa shape index (κ3) is 4.35. The quantitative estimate of drug-likeness (QED) is 0.472. The van der Waals surface area contributed by atoms with Crippen molar-refractivity contribution in [2.45, 2.75) is 57.8 Å². The molecule has 2 aromatic rings. The molecular formula is C27H34O. The lowest BCUT2D eigenvalue weighted by Crippen LogP contribution is -2.30. The fraction of sp³-hybridized carbons (Fsp3) is 0.481. The van der Waals surface area contributed by atoms with Crippen molar-refractivity contribution >= 4 is 0 Å². The number of fused-ring (bicyclic) bond motifs is 1. The van der Waals surface area contributed by atoms with E-state index in [1.165, 1.54) is 56.1 Å². The van der Waals surface area contributed by atoms with Crippen molar-refractivity contribution in [3.05, 3.63) is 66.7 Å². The van der Waals surface area contributed by atoms with E-state index >= 15 is 0 Å². The van der Waals surface area contributed by atoms with Crippen LogP contribution in [0.2, 0.25) is 0 Å². The second kappa shape index (κ2) is 8.99. The van der Waals surface area contributed by atoms with Crippen molar-refractivity contribution in [2.75, 3.05) is 6.61 Å². The molecule has 0 radical (unpaired) electrons. The lowest BCUT2D eigenvalue weighted by Gasteiger charge is -2.42. The van der Waals surface area contributed by atoms with Crippen LogP contribution in [0.3, 0.4) is 0 Å². The number of hydrogen-bond acceptors (Lipinski definition) is 1. The number of rotatable bonds is 6. The van der Waals surface area contributed by atoms with Gasteiger partial charge in [-0.1, -0.05) is 68.8 Å². The maximum atomic E-state index is 5.58. The topological polar surface area (TPSA) is 9.23 Å². The Kier molecular flexibility index (Phi) is 6.20. The lowest BCUT2D eigenvalue weighted by molar-refractivity contribution is 0.116. The molecule has 148 valence electrons. The molecule has 2 saturated carbocycles. The predicted octanol–water partition coefficient (Wildman–Crippen LogP) is 7.63. The van der Waals surface area contributed by atoms with E-state index in [1.807, 2.05) is 12.1 Å². The molecule has 0 amide bonds. The highest BCUT2D eigenvalue weighted by Crippen LogP contribution is 2.48. The maximum absolute atomic E-state index is 5.58. The summed E-state index contributed by atoms with van der Waals surface area (Å²) in [4.78, 5) is 0. The Morgan fingerprint density at radius 2 is 1.50 bits per heavy atom. The van der Waals surface area contributed by atoms with Crippen LogP contribution < -0.4 is 4.74 Å². The number of benzene rings is 2. The average molecular weight is 375 g/mol. The van der Waals surface area contributed by atoms with Crippen LogP contribution in [-0.4, -0.2) is 6.61 Å². The standard InChI is InChI=1S/C27H34O/c1-3-17-28-27-15-13-22(14-16-27)21-7-9-23(10-8-21)25-12-11-24-18-20(4-2)5-6-26(24)19-25/h3,7-10,13-16,20,24-26H,1,4-6,11-12,17-19H2,2H3. The van der Waals surface area contributed by atoms with Gasteiger partial charge in [0, 0.05) is 0 Å². The van der Waals surface area contributed by atoms with Crippen molar-refractivity contribution in [3.63, 3.8) is 0 Å². The lowest BCUT2D eigenvalue weighted by atomic mass is 9.63. The summed E-state index contributed by atoms with van der Waals surface area (Å²) in [6.45, 7) is 6.62. The van der Waals surface area contributed by atoms with E-state index in [0.29, 0.717) is 6.61 Å². The van der Waals surface area contributed by atoms with Crippen LogP contribution in [0, 0.1) is 17.8 Å². The molecule has 1 heteroatoms. The summed E-state index contributed by atoms with van der Waals surface area (Å²) in [6.07, 6.45) is 11.8. The zero-order valence-electron chi connectivity index (χ0n) is 17.3. The van der Waals surface area contributed by atoms with Gasteiger partial charge in [-0.15, -0.1) is 0 Å². The predicted molar refractivity (Wildman–Crippen MR) is 119 cm³/mol. The normalized spacial score (nSPS) is 27.0. The third-order valence-electron chi connectivity index (χ3n) is 7.24. The van der Waals surface area contributed by atoms with Gasteiger partial charge < -0.3 is 4.74 Å². The molecule has 2 aliphatic carbocycles. The van der Waals surface area contributed by atoms with Crippen LogP contribution in [-0.2, 0) is 0 Å². The number of ether oxygens (including phenoxy) is 1. The van der Waals surface area contributed by atoms with Crippen LogP contribution in [0.1, 0.15) is 63.4 Å². The molecular weight excluding hydrogens is 340 g/mol. The van der Waals surface area contributed by atoms with E-state index < -0.39 is 0 Å². The van der Waals surface area contributed by atoms with Gasteiger partial charge in [0.25, 0.3) is 0 Å². The first-order valence-electron chi connectivity index (χ1n) is 11.2. The molecule has 0 bridgehead atoms. The Hall–Kier alpha value is -2.02. The van der Waals surface area contributed by atoms with Crippen LogP contribution in [0.25, 0.3) is 11.1 Å². The van der Waals surface area contributed by atoms with Gasteiger partial charge in [-0.25, -0.2) is 0 Å². The Balaban J connectivity index is 1.39. The molecule has 0 aromatic heterocycles. The Bertz CT molecular complexity index is 758. The van der Waals surface area contributed by atoms with E-state index in [2.05, 4.69) is 49.9 Å². The summed E-state index contributed by atoms with van der Waals surface area (Å²) in [5.74, 6) is 4.66. The second-order valence-electron chi connectivity index (χ2n) is 8.86. The minimum atomic E-state index is 0.552. The van der Waals surface area contributed by atoms with Crippen molar-refractivity contribution in [1.29, 1.82) is 0 Å². The van der Waals surface area contributed by atoms with Crippen LogP contribution in [0.5, 0.6) is 5.75 Å². The SMILES string of the molecule is C=CCOc1ccc(-c2ccc(C3CCC4CC(CC)CCC4C3)cc2)cc1. The Labute approximate surface area is 170 Å². The van der Waals surface area contributed by atoms with Crippen molar-refractivity contribution in [3.8, 4) is 16.9 Å². The van der Waals surface area contributed by atoms with Gasteiger partial charge in [0.15, 0.2) is 0 Å². The van der Waals surface area contributed by atoms with Crippen LogP contribution >= 0.6 is 0 Å². The molecule has 1 nitrogen and oxygen atoms in total. The van der Waals surface area contributed by atoms with Gasteiger partial charge in [-0.2, -0.15) is 0 Å². The van der Waals surface area contributed by atoms with Crippen LogP contribution in [0.15, 0.2) is 61.2 Å². The van der Waals surface area contributed by atoms with Gasteiger partial charge in [0.1, 0.15) is 12.4 Å². The summed E-state index contributed by atoms with van der Waals surface area (Å²) in [6, 6.07) is 17.7. The van der Waals surface area contributed by atoms with Gasteiger partial charge >= 0.3 is 0 Å². The highest BCUT2D eigenvalue weighted by atomic mass is 16.5. The zero-order valence-corrected chi connectivity index (χ0v) is 17.3. The van der Waals surface area contributed by atoms with Gasteiger partial charge in [-0.3, -0.25) is 0 Å². The third-order valence-corrected chi connectivity index (χ3v) is 7.24. The minimum absolute atomic E-state index is 0.552. The highest BCUT2D eigenvalue weighted by molar-refractivity contribution is 5.64. The van der Waals surface area contributed by atoms with Crippen molar-refractivity contribution < 1.29 is 4.74 Å². The molecule has 0 N–H and O–H groups in total. The van der Waals surface area contributed by atoms with E-state index in [1.54, 1.807) is 11.6 Å². The molecule has 28 heavy (non-hydrogen) atoms. The second-order valence-corrected chi connectivity index (χ2v) is 8.86. The largest absolute Gasteiger partial charge is 0.490 e. The molecule has 4 rings (SSSR count). The Morgan fingerprint density at radius 1 is 0.857 bits per heavy atom. The fourth-order valence-electron chi connectivity index (χ4n) is 5.51. The zero-order chi connectivity index (χ0) is 19.3. The van der Waals surface area contributed by atoms with Gasteiger partial charge in [-0.05, 0) is 84.6 Å². The van der Waals surface area contributed by atoms with Crippen LogP contribution in [0.4, 0.5) is 0 Å². The number of hydrogen-bond donors (Lipinski definition) is 0. The fourth-order valence-corrected chi connectivity index (χ4v) is 5.51. The highest BCUT2D eigenvalue weighted by Gasteiger charge is 2.35. The molecule has 2 aliphatic rings. The smallest absolute Gasteiger partial charge is 0.119 e. The molecule has 2 fully saturated rings. The Morgan fingerprint density at radius 3 is 2.18 bits per heavy atom. The van der Waals surface area contributed by atoms with E-state index in [-0.39, 0.29) is 0 Å². The molecule has 4 unspecified atom stereocenters. The van der Waals surface area contributed by atoms with Crippen molar-refractivity contribution in [2.24, 2.45) is 17.8 Å². The summed E-state index contributed by atoms with van der Waals surface area (Å²) in [5.41, 5.74) is 4.08. The van der Waals surface area contributed by atoms with E-state index in [9.17, 15) is 0 Å². The first-order chi connectivity index (χ1) is 13.8. The monoisotopic (exact) mass is 374 g/mol. The summed E-state index contributed by atoms with van der Waals surface area (Å²) in [5, 5.41) is 0. The molecule has 0 spiro atoms. The molecule has 0 aliphatic heterocycles. The maximum Gasteiger partial charge on any atom is 0.119 e. The van der Waals surface area contributed by atoms with Gasteiger partial charge in [0.2, 0.25) is 0 Å². The minimum Gasteiger partial charge on any atom is -0.490 e. The molecule has 0 saturated heterocycles. The first kappa shape index (κ1) is 19.3. The molecule has 0 heterocycles. The molecule has 2 aromatic carbocycles. The summed E-state index contributed by atoms with van der Waals surface area (Å²) in [7, 11) is 0. The van der Waals surface area contributed by atoms with Gasteiger partial charge in [0.05, 0.1) is 0 Å².